The highest BCUT2D eigenvalue weighted by atomic mass is 15.0. The number of nitrogens with zero attached hydrogens (tertiary/aromatic N) is 3. The van der Waals surface area contributed by atoms with Gasteiger partial charge in [0.2, 0.25) is 0 Å². The molecular formula is C48H29N3. The molecule has 3 nitrogen and oxygen atoms in total. The lowest BCUT2D eigenvalue weighted by atomic mass is 9.89. The maximum absolute atomic E-state index is 5.39. The van der Waals surface area contributed by atoms with Crippen LogP contribution in [0, 0.1) is 0 Å². The Balaban J connectivity index is 1.24. The fourth-order valence-corrected chi connectivity index (χ4v) is 8.21. The molecule has 0 N–H and O–H groups in total. The van der Waals surface area contributed by atoms with Crippen LogP contribution in [0.3, 0.4) is 0 Å². The lowest BCUT2D eigenvalue weighted by Crippen LogP contribution is -1.94. The highest BCUT2D eigenvalue weighted by Crippen LogP contribution is 2.41. The molecule has 0 saturated heterocycles. The van der Waals surface area contributed by atoms with Crippen LogP contribution in [-0.2, 0) is 0 Å². The van der Waals surface area contributed by atoms with Crippen molar-refractivity contribution in [1.82, 2.24) is 14.4 Å². The van der Waals surface area contributed by atoms with Crippen molar-refractivity contribution >= 4 is 70.7 Å². The van der Waals surface area contributed by atoms with Gasteiger partial charge in [-0.05, 0) is 108 Å². The molecule has 8 aromatic carbocycles. The van der Waals surface area contributed by atoms with Crippen LogP contribution in [0.1, 0.15) is 0 Å². The van der Waals surface area contributed by atoms with E-state index in [-0.39, 0.29) is 0 Å². The molecule has 3 heteroatoms. The second kappa shape index (κ2) is 10.8. The topological polar surface area (TPSA) is 30.2 Å². The van der Waals surface area contributed by atoms with Crippen LogP contribution in [0.4, 0.5) is 0 Å². The van der Waals surface area contributed by atoms with Gasteiger partial charge in [-0.15, -0.1) is 0 Å². The molecule has 3 heterocycles. The smallest absolute Gasteiger partial charge is 0.137 e. The quantitative estimate of drug-likeness (QED) is 0.179. The van der Waals surface area contributed by atoms with E-state index in [1.165, 1.54) is 54.2 Å². The number of hydrogen-bond acceptors (Lipinski definition) is 2. The highest BCUT2D eigenvalue weighted by molar-refractivity contribution is 6.25. The number of pyridine rings is 2. The third-order valence-electron chi connectivity index (χ3n) is 10.5. The zero-order valence-corrected chi connectivity index (χ0v) is 27.6. The molecule has 0 aliphatic rings. The molecule has 3 aromatic heterocycles. The monoisotopic (exact) mass is 647 g/mol. The maximum Gasteiger partial charge on any atom is 0.137 e. The molecule has 0 aliphatic carbocycles. The molecule has 11 aromatic rings. The number of hydrogen-bond donors (Lipinski definition) is 0. The lowest BCUT2D eigenvalue weighted by molar-refractivity contribution is 1.22. The van der Waals surface area contributed by atoms with E-state index in [0.29, 0.717) is 0 Å². The van der Waals surface area contributed by atoms with Crippen LogP contribution in [0.25, 0.3) is 104 Å². The Labute approximate surface area is 293 Å². The van der Waals surface area contributed by atoms with E-state index in [0.717, 1.165) is 50.0 Å². The van der Waals surface area contributed by atoms with Gasteiger partial charge in [-0.1, -0.05) is 127 Å². The van der Waals surface area contributed by atoms with Gasteiger partial charge in [-0.2, -0.15) is 0 Å². The van der Waals surface area contributed by atoms with Gasteiger partial charge in [0.25, 0.3) is 0 Å². The summed E-state index contributed by atoms with van der Waals surface area (Å²) in [4.78, 5) is 10.5. The third-order valence-corrected chi connectivity index (χ3v) is 10.5. The van der Waals surface area contributed by atoms with E-state index in [1.807, 2.05) is 6.07 Å². The van der Waals surface area contributed by atoms with E-state index < -0.39 is 0 Å². The van der Waals surface area contributed by atoms with E-state index in [2.05, 4.69) is 174 Å². The SMILES string of the molecule is c1ccc2c(-c3cc(-c4ccc5c6ccccc6c6ccccc6c5c4)cc(-c4nc5ccccc5c5nc6ccccn6c45)c3)cccc2c1. The van der Waals surface area contributed by atoms with Crippen molar-refractivity contribution in [2.75, 3.05) is 0 Å². The summed E-state index contributed by atoms with van der Waals surface area (Å²) in [6.45, 7) is 0. The zero-order chi connectivity index (χ0) is 33.5. The largest absolute Gasteiger partial charge is 0.298 e. The van der Waals surface area contributed by atoms with Crippen LogP contribution < -0.4 is 0 Å². The van der Waals surface area contributed by atoms with Gasteiger partial charge in [0, 0.05) is 17.1 Å². The molecule has 51 heavy (non-hydrogen) atoms. The van der Waals surface area contributed by atoms with E-state index in [4.69, 9.17) is 9.97 Å². The summed E-state index contributed by atoms with van der Waals surface area (Å²) in [6, 6.07) is 61.3. The summed E-state index contributed by atoms with van der Waals surface area (Å²) in [5.41, 5.74) is 10.5. The summed E-state index contributed by atoms with van der Waals surface area (Å²) in [6.07, 6.45) is 2.10. The van der Waals surface area contributed by atoms with Crippen LogP contribution in [-0.4, -0.2) is 14.4 Å². The van der Waals surface area contributed by atoms with Crippen LogP contribution in [0.5, 0.6) is 0 Å². The Hall–Kier alpha value is -6.84. The van der Waals surface area contributed by atoms with Gasteiger partial charge in [-0.3, -0.25) is 4.40 Å². The zero-order valence-electron chi connectivity index (χ0n) is 27.6. The Morgan fingerprint density at radius 1 is 0.373 bits per heavy atom. The average Bonchev–Trinajstić information content (AvgIpc) is 3.60. The van der Waals surface area contributed by atoms with Crippen molar-refractivity contribution in [1.29, 1.82) is 0 Å². The number of aromatic nitrogens is 3. The first-order chi connectivity index (χ1) is 25.3. The van der Waals surface area contributed by atoms with Crippen molar-refractivity contribution in [3.05, 3.63) is 176 Å². The van der Waals surface area contributed by atoms with Gasteiger partial charge in [-0.25, -0.2) is 9.97 Å². The second-order valence-electron chi connectivity index (χ2n) is 13.4. The van der Waals surface area contributed by atoms with E-state index >= 15 is 0 Å². The van der Waals surface area contributed by atoms with Crippen molar-refractivity contribution in [3.8, 4) is 33.5 Å². The molecular weight excluding hydrogens is 619 g/mol. The van der Waals surface area contributed by atoms with Crippen LogP contribution >= 0.6 is 0 Å². The molecule has 0 radical (unpaired) electrons. The first-order valence-corrected chi connectivity index (χ1v) is 17.4. The van der Waals surface area contributed by atoms with Crippen molar-refractivity contribution < 1.29 is 0 Å². The Bertz CT molecular complexity index is 3170. The number of benzene rings is 8. The number of para-hydroxylation sites is 1. The van der Waals surface area contributed by atoms with Crippen molar-refractivity contribution in [2.45, 2.75) is 0 Å². The fourth-order valence-electron chi connectivity index (χ4n) is 8.21. The van der Waals surface area contributed by atoms with E-state index in [1.54, 1.807) is 0 Å². The maximum atomic E-state index is 5.39. The van der Waals surface area contributed by atoms with Crippen molar-refractivity contribution in [2.24, 2.45) is 0 Å². The van der Waals surface area contributed by atoms with Crippen LogP contribution in [0.15, 0.2) is 176 Å². The molecule has 0 aliphatic heterocycles. The van der Waals surface area contributed by atoms with Gasteiger partial charge in [0.05, 0.1) is 16.7 Å². The summed E-state index contributed by atoms with van der Waals surface area (Å²) in [7, 11) is 0. The predicted molar refractivity (Wildman–Crippen MR) is 214 cm³/mol. The second-order valence-corrected chi connectivity index (χ2v) is 13.4. The third kappa shape index (κ3) is 4.25. The molecule has 0 amide bonds. The summed E-state index contributed by atoms with van der Waals surface area (Å²) in [5, 5.41) is 11.1. The molecule has 0 saturated carbocycles. The molecule has 236 valence electrons. The Morgan fingerprint density at radius 2 is 0.980 bits per heavy atom. The summed E-state index contributed by atoms with van der Waals surface area (Å²) >= 11 is 0. The molecule has 0 spiro atoms. The fraction of sp³-hybridized carbons (Fsp3) is 0. The highest BCUT2D eigenvalue weighted by Gasteiger charge is 2.19. The standard InChI is InChI=1S/C48H29N3/c1-2-14-35-30(12-1)13-11-20-36(35)33-26-32(31-23-24-41-39-17-4-3-15-37(39)38-16-5-6-18-40(38)43(41)29-31)27-34(28-33)46-48-47(42-19-7-8-21-44(42)49-46)50-45-22-9-10-25-51(45)48/h1-29H. The minimum atomic E-state index is 0.908. The Morgan fingerprint density at radius 3 is 1.78 bits per heavy atom. The minimum absolute atomic E-state index is 0.908. The van der Waals surface area contributed by atoms with Gasteiger partial charge >= 0.3 is 0 Å². The van der Waals surface area contributed by atoms with Gasteiger partial charge < -0.3 is 0 Å². The Kier molecular flexibility index (Phi) is 5.96. The van der Waals surface area contributed by atoms with Crippen LogP contribution in [0.2, 0.25) is 0 Å². The first kappa shape index (κ1) is 28.0. The number of imidazole rings is 1. The lowest BCUT2D eigenvalue weighted by Gasteiger charge is -2.15. The normalized spacial score (nSPS) is 11.9. The molecule has 0 atom stereocenters. The first-order valence-electron chi connectivity index (χ1n) is 17.4. The predicted octanol–water partition coefficient (Wildman–Crippen LogP) is 12.6. The molecule has 11 rings (SSSR count). The minimum Gasteiger partial charge on any atom is -0.298 e. The van der Waals surface area contributed by atoms with Gasteiger partial charge in [0.1, 0.15) is 11.2 Å². The van der Waals surface area contributed by atoms with Gasteiger partial charge in [0.15, 0.2) is 0 Å². The molecule has 0 unspecified atom stereocenters. The number of rotatable bonds is 3. The summed E-state index contributed by atoms with van der Waals surface area (Å²) < 4.78 is 2.18. The summed E-state index contributed by atoms with van der Waals surface area (Å²) in [5.74, 6) is 0. The van der Waals surface area contributed by atoms with E-state index in [9.17, 15) is 0 Å². The van der Waals surface area contributed by atoms with Crippen molar-refractivity contribution in [3.63, 3.8) is 0 Å². The number of fused-ring (bicyclic) bond motifs is 12. The average molecular weight is 648 g/mol. The molecule has 0 fully saturated rings. The molecule has 0 bridgehead atoms.